The summed E-state index contributed by atoms with van der Waals surface area (Å²) in [4.78, 5) is 42.4. The maximum Gasteiger partial charge on any atom is 0.340 e. The third-order valence-corrected chi connectivity index (χ3v) is 6.14. The molecule has 0 saturated carbocycles. The minimum atomic E-state index is -1.60. The largest absolute Gasteiger partial charge is 0.478 e. The zero-order chi connectivity index (χ0) is 34.8. The molecule has 1 heterocycles. The van der Waals surface area contributed by atoms with Crippen molar-refractivity contribution in [3.05, 3.63) is 144 Å². The molecule has 0 aromatic heterocycles. The summed E-state index contributed by atoms with van der Waals surface area (Å²) in [6, 6.07) is 32.9. The van der Waals surface area contributed by atoms with Crippen LogP contribution in [0.15, 0.2) is 121 Å². The molecule has 1 aliphatic heterocycles. The van der Waals surface area contributed by atoms with E-state index in [1.54, 1.807) is 109 Å². The Balaban J connectivity index is 0.000000346. The van der Waals surface area contributed by atoms with E-state index in [9.17, 15) is 34.5 Å². The SMILES string of the molecule is Br.O=C(O)c1ccccc1.O=C(O)c1ccccc1.O=C(O)c1ccccc1.O=C(O[C@H]1O[C@H](CO)[C@@H](O)[C@H](O)[C@H]1O)c1ccccc1. The van der Waals surface area contributed by atoms with Gasteiger partial charge in [-0.25, -0.2) is 19.2 Å². The van der Waals surface area contributed by atoms with Gasteiger partial charge >= 0.3 is 23.9 Å². The number of carbonyl (C=O) groups excluding carboxylic acids is 1. The second-order valence-corrected chi connectivity index (χ2v) is 9.48. The van der Waals surface area contributed by atoms with Crippen LogP contribution in [0.4, 0.5) is 0 Å². The first kappa shape index (κ1) is 41.1. The van der Waals surface area contributed by atoms with Gasteiger partial charge in [-0.1, -0.05) is 72.8 Å². The Morgan fingerprint density at radius 3 is 1.10 bits per heavy atom. The Labute approximate surface area is 285 Å². The van der Waals surface area contributed by atoms with E-state index in [1.165, 1.54) is 12.1 Å². The molecule has 0 amide bonds. The molecule has 0 unspecified atom stereocenters. The molecule has 48 heavy (non-hydrogen) atoms. The molecular formula is C34H35BrO13. The van der Waals surface area contributed by atoms with E-state index in [0.717, 1.165) is 0 Å². The van der Waals surface area contributed by atoms with Crippen molar-refractivity contribution < 1.29 is 64.4 Å². The molecule has 0 radical (unpaired) electrons. The van der Waals surface area contributed by atoms with E-state index in [2.05, 4.69) is 0 Å². The number of carboxylic acids is 3. The number of ether oxygens (including phenoxy) is 2. The first-order valence-electron chi connectivity index (χ1n) is 13.9. The molecule has 1 saturated heterocycles. The first-order valence-corrected chi connectivity index (χ1v) is 13.9. The number of aliphatic hydroxyl groups excluding tert-OH is 4. The van der Waals surface area contributed by atoms with E-state index < -0.39 is 61.2 Å². The third-order valence-electron chi connectivity index (χ3n) is 6.14. The van der Waals surface area contributed by atoms with Gasteiger partial charge < -0.3 is 45.2 Å². The number of aliphatic hydroxyl groups is 4. The minimum Gasteiger partial charge on any atom is -0.478 e. The highest BCUT2D eigenvalue weighted by Gasteiger charge is 2.45. The van der Waals surface area contributed by atoms with Gasteiger partial charge in [0.2, 0.25) is 6.29 Å². The summed E-state index contributed by atoms with van der Waals surface area (Å²) in [5.41, 5.74) is 1.25. The van der Waals surface area contributed by atoms with Crippen molar-refractivity contribution in [2.45, 2.75) is 30.7 Å². The number of aromatic carboxylic acids is 3. The zero-order valence-corrected chi connectivity index (χ0v) is 26.8. The number of carbonyl (C=O) groups is 4. The predicted octanol–water partition coefficient (Wildman–Crippen LogP) is 3.38. The fourth-order valence-electron chi connectivity index (χ4n) is 3.65. The molecule has 5 atom stereocenters. The first-order chi connectivity index (χ1) is 22.5. The number of rotatable bonds is 6. The lowest BCUT2D eigenvalue weighted by Gasteiger charge is -2.39. The quantitative estimate of drug-likeness (QED) is 0.141. The van der Waals surface area contributed by atoms with Gasteiger partial charge in [0, 0.05) is 0 Å². The molecule has 1 aliphatic rings. The van der Waals surface area contributed by atoms with Crippen LogP contribution in [-0.2, 0) is 9.47 Å². The van der Waals surface area contributed by atoms with Crippen LogP contribution in [0.2, 0.25) is 0 Å². The molecule has 13 nitrogen and oxygen atoms in total. The van der Waals surface area contributed by atoms with Crippen LogP contribution in [0, 0.1) is 0 Å². The van der Waals surface area contributed by atoms with Crippen molar-refractivity contribution in [1.29, 1.82) is 0 Å². The summed E-state index contributed by atoms with van der Waals surface area (Å²) in [7, 11) is 0. The molecule has 5 rings (SSSR count). The molecule has 1 fully saturated rings. The average Bonchev–Trinajstić information content (AvgIpc) is 3.10. The van der Waals surface area contributed by atoms with Crippen LogP contribution >= 0.6 is 17.0 Å². The Morgan fingerprint density at radius 1 is 0.521 bits per heavy atom. The summed E-state index contributed by atoms with van der Waals surface area (Å²) < 4.78 is 10.0. The van der Waals surface area contributed by atoms with Crippen molar-refractivity contribution in [2.24, 2.45) is 0 Å². The van der Waals surface area contributed by atoms with Gasteiger partial charge in [0.15, 0.2) is 0 Å². The lowest BCUT2D eigenvalue weighted by molar-refractivity contribution is -0.285. The molecular weight excluding hydrogens is 696 g/mol. The average molecular weight is 732 g/mol. The second kappa shape index (κ2) is 21.8. The van der Waals surface area contributed by atoms with E-state index >= 15 is 0 Å². The van der Waals surface area contributed by atoms with Crippen molar-refractivity contribution in [3.63, 3.8) is 0 Å². The number of halogens is 1. The number of hydrogen-bond acceptors (Lipinski definition) is 10. The number of hydrogen-bond donors (Lipinski definition) is 7. The molecule has 256 valence electrons. The van der Waals surface area contributed by atoms with Gasteiger partial charge in [-0.15, -0.1) is 17.0 Å². The standard InChI is InChI=1S/C13H16O7.3C7H6O2.BrH/c14-6-8-9(15)10(16)11(17)13(19-8)20-12(18)7-4-2-1-3-5-7;3*8-7(9)6-4-2-1-3-5-6;/h1-5,8-11,13-17H,6H2;3*1-5H,(H,8,9);1H/t8-,9-,10+,11-,13-;;;;/m1..../s1. The molecule has 0 bridgehead atoms. The number of benzene rings is 4. The zero-order valence-electron chi connectivity index (χ0n) is 25.1. The Hall–Kier alpha value is -4.96. The van der Waals surface area contributed by atoms with Crippen molar-refractivity contribution in [2.75, 3.05) is 6.61 Å². The summed E-state index contributed by atoms with van der Waals surface area (Å²) in [5, 5.41) is 63.1. The summed E-state index contributed by atoms with van der Waals surface area (Å²) >= 11 is 0. The monoisotopic (exact) mass is 730 g/mol. The van der Waals surface area contributed by atoms with E-state index in [-0.39, 0.29) is 22.5 Å². The molecule has 0 aliphatic carbocycles. The van der Waals surface area contributed by atoms with Gasteiger partial charge in [0.25, 0.3) is 0 Å². The molecule has 14 heteroatoms. The summed E-state index contributed by atoms with van der Waals surface area (Å²) in [5.74, 6) is -3.38. The summed E-state index contributed by atoms with van der Waals surface area (Å²) in [6.07, 6.45) is -7.23. The van der Waals surface area contributed by atoms with E-state index in [0.29, 0.717) is 16.7 Å². The van der Waals surface area contributed by atoms with Gasteiger partial charge in [0.1, 0.15) is 24.4 Å². The normalized spacial score (nSPS) is 19.0. The van der Waals surface area contributed by atoms with Crippen LogP contribution in [0.5, 0.6) is 0 Å². The van der Waals surface area contributed by atoms with Crippen LogP contribution in [-0.4, -0.2) is 96.9 Å². The van der Waals surface area contributed by atoms with Crippen LogP contribution in [0.3, 0.4) is 0 Å². The fraction of sp³-hybridized carbons (Fsp3) is 0.176. The lowest BCUT2D eigenvalue weighted by atomic mass is 9.99. The number of esters is 1. The number of carboxylic acid groups (broad SMARTS) is 3. The van der Waals surface area contributed by atoms with Gasteiger partial charge in [-0.05, 0) is 48.5 Å². The Kier molecular flexibility index (Phi) is 18.6. The minimum absolute atomic E-state index is 0. The summed E-state index contributed by atoms with van der Waals surface area (Å²) in [6.45, 7) is -0.579. The topological polar surface area (TPSA) is 228 Å². The van der Waals surface area contributed by atoms with Gasteiger partial charge in [-0.3, -0.25) is 0 Å². The van der Waals surface area contributed by atoms with Gasteiger partial charge in [0.05, 0.1) is 28.9 Å². The van der Waals surface area contributed by atoms with E-state index in [1.807, 2.05) is 0 Å². The highest BCUT2D eigenvalue weighted by atomic mass is 79.9. The Bertz CT molecular complexity index is 1400. The van der Waals surface area contributed by atoms with Crippen molar-refractivity contribution >= 4 is 40.9 Å². The molecule has 0 spiro atoms. The van der Waals surface area contributed by atoms with Crippen LogP contribution in [0.25, 0.3) is 0 Å². The molecule has 7 N–H and O–H groups in total. The predicted molar refractivity (Wildman–Crippen MR) is 176 cm³/mol. The van der Waals surface area contributed by atoms with Crippen molar-refractivity contribution in [3.8, 4) is 0 Å². The van der Waals surface area contributed by atoms with Crippen LogP contribution < -0.4 is 0 Å². The molecule has 4 aromatic rings. The smallest absolute Gasteiger partial charge is 0.340 e. The van der Waals surface area contributed by atoms with Gasteiger partial charge in [-0.2, -0.15) is 0 Å². The second-order valence-electron chi connectivity index (χ2n) is 9.48. The highest BCUT2D eigenvalue weighted by Crippen LogP contribution is 2.22. The third kappa shape index (κ3) is 13.8. The fourth-order valence-corrected chi connectivity index (χ4v) is 3.65. The molecule has 4 aromatic carbocycles. The lowest BCUT2D eigenvalue weighted by Crippen LogP contribution is -2.59. The highest BCUT2D eigenvalue weighted by molar-refractivity contribution is 8.93. The van der Waals surface area contributed by atoms with E-state index in [4.69, 9.17) is 29.9 Å². The maximum atomic E-state index is 11.8. The Morgan fingerprint density at radius 2 is 0.833 bits per heavy atom. The van der Waals surface area contributed by atoms with Crippen LogP contribution in [0.1, 0.15) is 41.4 Å². The maximum absolute atomic E-state index is 11.8. The van der Waals surface area contributed by atoms with Crippen molar-refractivity contribution in [1.82, 2.24) is 0 Å².